The number of likely N-dealkylation sites (N-methyl/N-ethyl adjacent to an activating group) is 1. The second kappa shape index (κ2) is 6.13. The molecule has 0 saturated heterocycles. The van der Waals surface area contributed by atoms with E-state index in [0.29, 0.717) is 11.0 Å². The van der Waals surface area contributed by atoms with E-state index in [-0.39, 0.29) is 0 Å². The fraction of sp³-hybridized carbons (Fsp3) is 1.00. The minimum absolute atomic E-state index is 0.312. The van der Waals surface area contributed by atoms with Crippen molar-refractivity contribution in [3.05, 3.63) is 0 Å². The van der Waals surface area contributed by atoms with E-state index in [0.717, 1.165) is 12.6 Å². The van der Waals surface area contributed by atoms with Gasteiger partial charge in [-0.05, 0) is 50.5 Å². The summed E-state index contributed by atoms with van der Waals surface area (Å²) in [6.45, 7) is 9.22. The molecule has 0 atom stereocenters. The molecule has 2 nitrogen and oxygen atoms in total. The highest BCUT2D eigenvalue weighted by atomic mass is 15.2. The molecule has 0 unspecified atom stereocenters. The van der Waals surface area contributed by atoms with Crippen molar-refractivity contribution in [2.24, 2.45) is 11.1 Å². The molecule has 0 aromatic rings. The first-order chi connectivity index (χ1) is 9.03. The number of nitrogens with zero attached hydrogens (tertiary/aromatic N) is 1. The second-order valence-electron chi connectivity index (χ2n) is 7.67. The summed E-state index contributed by atoms with van der Waals surface area (Å²) in [4.78, 5) is 2.81. The highest BCUT2D eigenvalue weighted by Crippen LogP contribution is 2.44. The van der Waals surface area contributed by atoms with Crippen LogP contribution in [0.25, 0.3) is 0 Å². The van der Waals surface area contributed by atoms with Gasteiger partial charge >= 0.3 is 0 Å². The maximum absolute atomic E-state index is 6.27. The highest BCUT2D eigenvalue weighted by molar-refractivity contribution is 5.00. The molecule has 2 rings (SSSR count). The molecule has 2 aliphatic carbocycles. The fourth-order valence-electron chi connectivity index (χ4n) is 4.37. The molecule has 0 aromatic carbocycles. The van der Waals surface area contributed by atoms with Gasteiger partial charge in [-0.1, -0.05) is 40.0 Å². The molecule has 0 radical (unpaired) electrons. The molecule has 0 spiro atoms. The van der Waals surface area contributed by atoms with Crippen molar-refractivity contribution in [2.75, 3.05) is 13.1 Å². The molecule has 2 fully saturated rings. The van der Waals surface area contributed by atoms with E-state index in [4.69, 9.17) is 5.73 Å². The van der Waals surface area contributed by atoms with Gasteiger partial charge in [0.05, 0.1) is 0 Å². The molecule has 0 aromatic heterocycles. The predicted octanol–water partition coefficient (Wildman–Crippen LogP) is 3.94. The van der Waals surface area contributed by atoms with Gasteiger partial charge < -0.3 is 5.73 Å². The van der Waals surface area contributed by atoms with Gasteiger partial charge in [0.25, 0.3) is 0 Å². The lowest BCUT2D eigenvalue weighted by Crippen LogP contribution is -2.60. The van der Waals surface area contributed by atoms with E-state index in [1.165, 1.54) is 64.3 Å². The Hall–Kier alpha value is -0.0800. The second-order valence-corrected chi connectivity index (χ2v) is 7.67. The van der Waals surface area contributed by atoms with Crippen LogP contribution in [0.3, 0.4) is 0 Å². The standard InChI is InChI=1S/C17H34N2/c1-4-19(15-8-6-5-7-9-15)17(14-18)12-10-16(2,3)11-13-17/h15H,4-14,18H2,1-3H3. The summed E-state index contributed by atoms with van der Waals surface area (Å²) in [5, 5.41) is 0. The summed E-state index contributed by atoms with van der Waals surface area (Å²) in [5.41, 5.74) is 7.11. The van der Waals surface area contributed by atoms with Crippen LogP contribution in [-0.2, 0) is 0 Å². The van der Waals surface area contributed by atoms with Crippen LogP contribution in [0.2, 0.25) is 0 Å². The van der Waals surface area contributed by atoms with Crippen molar-refractivity contribution in [2.45, 2.75) is 90.1 Å². The number of hydrogen-bond acceptors (Lipinski definition) is 2. The summed E-state index contributed by atoms with van der Waals surface area (Å²) in [6, 6.07) is 0.809. The molecule has 2 N–H and O–H groups in total. The van der Waals surface area contributed by atoms with E-state index in [1.54, 1.807) is 0 Å². The van der Waals surface area contributed by atoms with Crippen molar-refractivity contribution in [1.82, 2.24) is 4.90 Å². The molecule has 0 bridgehead atoms. The van der Waals surface area contributed by atoms with Crippen LogP contribution in [0.15, 0.2) is 0 Å². The number of rotatable bonds is 4. The average Bonchev–Trinajstić information content (AvgIpc) is 2.43. The Bertz CT molecular complexity index is 269. The van der Waals surface area contributed by atoms with Crippen LogP contribution in [0, 0.1) is 5.41 Å². The quantitative estimate of drug-likeness (QED) is 0.835. The Morgan fingerprint density at radius 2 is 1.58 bits per heavy atom. The van der Waals surface area contributed by atoms with Gasteiger partial charge in [-0.15, -0.1) is 0 Å². The molecule has 19 heavy (non-hydrogen) atoms. The lowest BCUT2D eigenvalue weighted by atomic mass is 9.68. The van der Waals surface area contributed by atoms with Crippen LogP contribution in [0.5, 0.6) is 0 Å². The third-order valence-electron chi connectivity index (χ3n) is 5.88. The lowest BCUT2D eigenvalue weighted by molar-refractivity contribution is -0.0139. The van der Waals surface area contributed by atoms with E-state index >= 15 is 0 Å². The Kier molecular flexibility index (Phi) is 4.94. The molecule has 0 heterocycles. The highest BCUT2D eigenvalue weighted by Gasteiger charge is 2.43. The SMILES string of the molecule is CCN(C1CCCCC1)C1(CN)CCC(C)(C)CC1. The smallest absolute Gasteiger partial charge is 0.0334 e. The van der Waals surface area contributed by atoms with Gasteiger partial charge in [-0.25, -0.2) is 0 Å². The molecule has 2 aliphatic rings. The Labute approximate surface area is 120 Å². The zero-order valence-electron chi connectivity index (χ0n) is 13.4. The molecule has 0 aliphatic heterocycles. The zero-order valence-corrected chi connectivity index (χ0v) is 13.4. The first-order valence-electron chi connectivity index (χ1n) is 8.50. The van der Waals surface area contributed by atoms with Gasteiger partial charge in [-0.3, -0.25) is 4.90 Å². The molecular formula is C17H34N2. The summed E-state index contributed by atoms with van der Waals surface area (Å²) in [7, 11) is 0. The van der Waals surface area contributed by atoms with Crippen molar-refractivity contribution in [1.29, 1.82) is 0 Å². The number of hydrogen-bond donors (Lipinski definition) is 1. The molecule has 112 valence electrons. The molecular weight excluding hydrogens is 232 g/mol. The van der Waals surface area contributed by atoms with Crippen molar-refractivity contribution in [3.63, 3.8) is 0 Å². The monoisotopic (exact) mass is 266 g/mol. The van der Waals surface area contributed by atoms with Crippen LogP contribution in [0.4, 0.5) is 0 Å². The largest absolute Gasteiger partial charge is 0.329 e. The van der Waals surface area contributed by atoms with E-state index in [9.17, 15) is 0 Å². The average molecular weight is 266 g/mol. The Morgan fingerprint density at radius 1 is 1.00 bits per heavy atom. The topological polar surface area (TPSA) is 29.3 Å². The predicted molar refractivity (Wildman–Crippen MR) is 83.3 cm³/mol. The molecule has 0 amide bonds. The van der Waals surface area contributed by atoms with Gasteiger partial charge in [0.1, 0.15) is 0 Å². The minimum atomic E-state index is 0.312. The Balaban J connectivity index is 2.09. The van der Waals surface area contributed by atoms with E-state index < -0.39 is 0 Å². The van der Waals surface area contributed by atoms with Gasteiger partial charge in [0, 0.05) is 18.1 Å². The first kappa shape index (κ1) is 15.3. The van der Waals surface area contributed by atoms with Crippen LogP contribution >= 0.6 is 0 Å². The van der Waals surface area contributed by atoms with Crippen LogP contribution in [-0.4, -0.2) is 29.6 Å². The lowest BCUT2D eigenvalue weighted by Gasteiger charge is -2.53. The van der Waals surface area contributed by atoms with Crippen LogP contribution in [0.1, 0.15) is 78.6 Å². The summed E-state index contributed by atoms with van der Waals surface area (Å²) >= 11 is 0. The fourth-order valence-corrected chi connectivity index (χ4v) is 4.37. The maximum atomic E-state index is 6.27. The first-order valence-corrected chi connectivity index (χ1v) is 8.50. The summed E-state index contributed by atoms with van der Waals surface area (Å²) in [6.07, 6.45) is 12.4. The summed E-state index contributed by atoms with van der Waals surface area (Å²) < 4.78 is 0. The number of nitrogens with two attached hydrogens (primary N) is 1. The molecule has 2 heteroatoms. The van der Waals surface area contributed by atoms with Crippen molar-refractivity contribution >= 4 is 0 Å². The maximum Gasteiger partial charge on any atom is 0.0334 e. The van der Waals surface area contributed by atoms with E-state index in [2.05, 4.69) is 25.7 Å². The van der Waals surface area contributed by atoms with Crippen LogP contribution < -0.4 is 5.73 Å². The van der Waals surface area contributed by atoms with Crippen molar-refractivity contribution < 1.29 is 0 Å². The Morgan fingerprint density at radius 3 is 2.05 bits per heavy atom. The minimum Gasteiger partial charge on any atom is -0.329 e. The van der Waals surface area contributed by atoms with E-state index in [1.807, 2.05) is 0 Å². The third kappa shape index (κ3) is 3.33. The summed E-state index contributed by atoms with van der Waals surface area (Å²) in [5.74, 6) is 0. The zero-order chi connectivity index (χ0) is 13.9. The van der Waals surface area contributed by atoms with Gasteiger partial charge in [0.15, 0.2) is 0 Å². The third-order valence-corrected chi connectivity index (χ3v) is 5.88. The van der Waals surface area contributed by atoms with Gasteiger partial charge in [-0.2, -0.15) is 0 Å². The van der Waals surface area contributed by atoms with Crippen molar-refractivity contribution in [3.8, 4) is 0 Å². The molecule has 2 saturated carbocycles. The van der Waals surface area contributed by atoms with Gasteiger partial charge in [0.2, 0.25) is 0 Å². The normalized spacial score (nSPS) is 27.6.